The average Bonchev–Trinajstić information content (AvgIpc) is 2.46. The standard InChI is InChI=1S/C17H18FNO2/c1-12-6-7-13(2)16(8-12)21-11-17(20)19-10-14-4-3-5-15(18)9-14/h3-9H,10-11H2,1-2H3,(H,19,20). The van der Waals surface area contributed by atoms with Crippen LogP contribution in [-0.4, -0.2) is 12.5 Å². The Hall–Kier alpha value is -2.36. The number of rotatable bonds is 5. The number of halogens is 1. The van der Waals surface area contributed by atoms with Gasteiger partial charge in [0.15, 0.2) is 6.61 Å². The van der Waals surface area contributed by atoms with Crippen molar-refractivity contribution in [1.29, 1.82) is 0 Å². The van der Waals surface area contributed by atoms with Gasteiger partial charge in [0.25, 0.3) is 5.91 Å². The summed E-state index contributed by atoms with van der Waals surface area (Å²) >= 11 is 0. The molecule has 3 nitrogen and oxygen atoms in total. The van der Waals surface area contributed by atoms with Crippen LogP contribution in [0.15, 0.2) is 42.5 Å². The van der Waals surface area contributed by atoms with E-state index in [1.165, 1.54) is 12.1 Å². The van der Waals surface area contributed by atoms with Crippen molar-refractivity contribution in [2.45, 2.75) is 20.4 Å². The van der Waals surface area contributed by atoms with E-state index in [1.54, 1.807) is 12.1 Å². The molecular weight excluding hydrogens is 269 g/mol. The Bertz CT molecular complexity index is 640. The second-order valence-electron chi connectivity index (χ2n) is 4.96. The van der Waals surface area contributed by atoms with Crippen LogP contribution in [0.5, 0.6) is 5.75 Å². The summed E-state index contributed by atoms with van der Waals surface area (Å²) < 4.78 is 18.5. The molecule has 1 N–H and O–H groups in total. The molecular formula is C17H18FNO2. The zero-order valence-corrected chi connectivity index (χ0v) is 12.2. The molecule has 110 valence electrons. The third kappa shape index (κ3) is 4.60. The van der Waals surface area contributed by atoms with E-state index < -0.39 is 0 Å². The largest absolute Gasteiger partial charge is 0.483 e. The van der Waals surface area contributed by atoms with Gasteiger partial charge in [-0.1, -0.05) is 24.3 Å². The van der Waals surface area contributed by atoms with Gasteiger partial charge >= 0.3 is 0 Å². The van der Waals surface area contributed by atoms with Crippen LogP contribution in [0.4, 0.5) is 4.39 Å². The number of hydrogen-bond donors (Lipinski definition) is 1. The lowest BCUT2D eigenvalue weighted by atomic mass is 10.1. The monoisotopic (exact) mass is 287 g/mol. The molecule has 0 heterocycles. The zero-order chi connectivity index (χ0) is 15.2. The highest BCUT2D eigenvalue weighted by atomic mass is 19.1. The Kier molecular flexibility index (Phi) is 4.93. The van der Waals surface area contributed by atoms with Gasteiger partial charge in [-0.25, -0.2) is 4.39 Å². The smallest absolute Gasteiger partial charge is 0.258 e. The molecule has 2 aromatic rings. The minimum absolute atomic E-state index is 0.0559. The third-order valence-electron chi connectivity index (χ3n) is 3.08. The molecule has 1 amide bonds. The summed E-state index contributed by atoms with van der Waals surface area (Å²) in [7, 11) is 0. The van der Waals surface area contributed by atoms with Crippen molar-refractivity contribution in [2.75, 3.05) is 6.61 Å². The second kappa shape index (κ2) is 6.88. The SMILES string of the molecule is Cc1ccc(C)c(OCC(=O)NCc2cccc(F)c2)c1. The summed E-state index contributed by atoms with van der Waals surface area (Å²) in [4.78, 5) is 11.7. The number of benzene rings is 2. The number of ether oxygens (including phenoxy) is 1. The van der Waals surface area contributed by atoms with Crippen molar-refractivity contribution in [3.8, 4) is 5.75 Å². The Morgan fingerprint density at radius 2 is 2.00 bits per heavy atom. The van der Waals surface area contributed by atoms with Gasteiger partial charge in [0, 0.05) is 6.54 Å². The minimum atomic E-state index is -0.312. The molecule has 0 radical (unpaired) electrons. The first-order valence-corrected chi connectivity index (χ1v) is 6.76. The summed E-state index contributed by atoms with van der Waals surface area (Å²) in [5.41, 5.74) is 2.78. The van der Waals surface area contributed by atoms with Gasteiger partial charge in [0.05, 0.1) is 0 Å². The van der Waals surface area contributed by atoms with E-state index in [0.29, 0.717) is 5.75 Å². The molecule has 2 aromatic carbocycles. The molecule has 21 heavy (non-hydrogen) atoms. The van der Waals surface area contributed by atoms with Crippen molar-refractivity contribution < 1.29 is 13.9 Å². The number of amides is 1. The summed E-state index contributed by atoms with van der Waals surface area (Å²) in [6.07, 6.45) is 0. The van der Waals surface area contributed by atoms with Crippen molar-refractivity contribution in [1.82, 2.24) is 5.32 Å². The van der Waals surface area contributed by atoms with Crippen LogP contribution >= 0.6 is 0 Å². The molecule has 0 saturated heterocycles. The zero-order valence-electron chi connectivity index (χ0n) is 12.2. The van der Waals surface area contributed by atoms with Crippen molar-refractivity contribution in [3.05, 3.63) is 65.0 Å². The minimum Gasteiger partial charge on any atom is -0.483 e. The van der Waals surface area contributed by atoms with Crippen LogP contribution in [0, 0.1) is 19.7 Å². The van der Waals surface area contributed by atoms with Gasteiger partial charge < -0.3 is 10.1 Å². The van der Waals surface area contributed by atoms with Gasteiger partial charge in [0.2, 0.25) is 0 Å². The van der Waals surface area contributed by atoms with Crippen LogP contribution in [0.25, 0.3) is 0 Å². The van der Waals surface area contributed by atoms with Crippen LogP contribution in [0.2, 0.25) is 0 Å². The van der Waals surface area contributed by atoms with Crippen molar-refractivity contribution >= 4 is 5.91 Å². The number of hydrogen-bond acceptors (Lipinski definition) is 2. The average molecular weight is 287 g/mol. The predicted octanol–water partition coefficient (Wildman–Crippen LogP) is 3.14. The molecule has 2 rings (SSSR count). The molecule has 0 saturated carbocycles. The van der Waals surface area contributed by atoms with Gasteiger partial charge in [0.1, 0.15) is 11.6 Å². The highest BCUT2D eigenvalue weighted by molar-refractivity contribution is 5.77. The van der Waals surface area contributed by atoms with E-state index in [4.69, 9.17) is 4.74 Å². The van der Waals surface area contributed by atoms with Crippen LogP contribution in [0.3, 0.4) is 0 Å². The first kappa shape index (κ1) is 15.0. The quantitative estimate of drug-likeness (QED) is 0.917. The highest BCUT2D eigenvalue weighted by Gasteiger charge is 2.05. The molecule has 0 spiro atoms. The van der Waals surface area contributed by atoms with E-state index in [9.17, 15) is 9.18 Å². The molecule has 0 aliphatic heterocycles. The van der Waals surface area contributed by atoms with E-state index >= 15 is 0 Å². The maximum absolute atomic E-state index is 13.0. The fourth-order valence-corrected chi connectivity index (χ4v) is 1.90. The van der Waals surface area contributed by atoms with E-state index in [2.05, 4.69) is 5.32 Å². The van der Waals surface area contributed by atoms with Gasteiger partial charge in [-0.15, -0.1) is 0 Å². The maximum atomic E-state index is 13.0. The lowest BCUT2D eigenvalue weighted by Gasteiger charge is -2.10. The topological polar surface area (TPSA) is 38.3 Å². The fraction of sp³-hybridized carbons (Fsp3) is 0.235. The molecule has 0 aliphatic carbocycles. The molecule has 0 fully saturated rings. The fourth-order valence-electron chi connectivity index (χ4n) is 1.90. The predicted molar refractivity (Wildman–Crippen MR) is 79.7 cm³/mol. The van der Waals surface area contributed by atoms with Crippen LogP contribution in [-0.2, 0) is 11.3 Å². The van der Waals surface area contributed by atoms with E-state index in [-0.39, 0.29) is 24.9 Å². The first-order valence-electron chi connectivity index (χ1n) is 6.76. The Morgan fingerprint density at radius 1 is 1.19 bits per heavy atom. The number of carbonyl (C=O) groups is 1. The molecule has 0 aromatic heterocycles. The number of nitrogens with one attached hydrogen (secondary N) is 1. The van der Waals surface area contributed by atoms with Gasteiger partial charge in [-0.3, -0.25) is 4.79 Å². The van der Waals surface area contributed by atoms with Crippen LogP contribution in [0.1, 0.15) is 16.7 Å². The third-order valence-corrected chi connectivity index (χ3v) is 3.08. The van der Waals surface area contributed by atoms with Crippen molar-refractivity contribution in [2.24, 2.45) is 0 Å². The summed E-state index contributed by atoms with van der Waals surface area (Å²) in [5.74, 6) is 0.157. The van der Waals surface area contributed by atoms with E-state index in [1.807, 2.05) is 32.0 Å². The Morgan fingerprint density at radius 3 is 2.76 bits per heavy atom. The molecule has 0 aliphatic rings. The van der Waals surface area contributed by atoms with Crippen LogP contribution < -0.4 is 10.1 Å². The maximum Gasteiger partial charge on any atom is 0.258 e. The number of carbonyl (C=O) groups excluding carboxylic acids is 1. The Labute approximate surface area is 123 Å². The number of aryl methyl sites for hydroxylation is 2. The molecule has 0 unspecified atom stereocenters. The second-order valence-corrected chi connectivity index (χ2v) is 4.96. The first-order chi connectivity index (χ1) is 10.0. The summed E-state index contributed by atoms with van der Waals surface area (Å²) in [5, 5.41) is 2.70. The lowest BCUT2D eigenvalue weighted by molar-refractivity contribution is -0.123. The molecule has 0 atom stereocenters. The summed E-state index contributed by atoms with van der Waals surface area (Å²) in [6.45, 7) is 4.13. The molecule has 0 bridgehead atoms. The van der Waals surface area contributed by atoms with E-state index in [0.717, 1.165) is 16.7 Å². The highest BCUT2D eigenvalue weighted by Crippen LogP contribution is 2.18. The van der Waals surface area contributed by atoms with Gasteiger partial charge in [-0.05, 0) is 48.7 Å². The normalized spacial score (nSPS) is 10.2. The van der Waals surface area contributed by atoms with Crippen molar-refractivity contribution in [3.63, 3.8) is 0 Å². The Balaban J connectivity index is 1.83. The lowest BCUT2D eigenvalue weighted by Crippen LogP contribution is -2.28. The summed E-state index contributed by atoms with van der Waals surface area (Å²) in [6, 6.07) is 12.0. The van der Waals surface area contributed by atoms with Gasteiger partial charge in [-0.2, -0.15) is 0 Å². The molecule has 4 heteroatoms.